The van der Waals surface area contributed by atoms with Gasteiger partial charge in [-0.3, -0.25) is 0 Å². The zero-order valence-electron chi connectivity index (χ0n) is 15.0. The van der Waals surface area contributed by atoms with E-state index in [-0.39, 0.29) is 5.56 Å². The smallest absolute Gasteiger partial charge is 0.368 e. The van der Waals surface area contributed by atoms with Crippen molar-refractivity contribution in [3.8, 4) is 6.07 Å². The number of nitrogens with zero attached hydrogens (tertiary/aromatic N) is 7. The van der Waals surface area contributed by atoms with E-state index in [1.807, 2.05) is 17.9 Å². The molecular formula is C18H16F3N7. The zero-order valence-corrected chi connectivity index (χ0v) is 15.0. The van der Waals surface area contributed by atoms with Crippen molar-refractivity contribution in [3.05, 3.63) is 47.4 Å². The van der Waals surface area contributed by atoms with Crippen LogP contribution in [0.2, 0.25) is 0 Å². The Morgan fingerprint density at radius 1 is 1.07 bits per heavy atom. The quantitative estimate of drug-likeness (QED) is 0.673. The summed E-state index contributed by atoms with van der Waals surface area (Å²) in [6.07, 6.45) is -3.12. The molecule has 0 spiro atoms. The molecule has 7 nitrogen and oxygen atoms in total. The molecule has 1 aromatic carbocycles. The Labute approximate surface area is 158 Å². The molecule has 0 unspecified atom stereocenters. The van der Waals surface area contributed by atoms with E-state index in [9.17, 15) is 13.2 Å². The largest absolute Gasteiger partial charge is 0.417 e. The van der Waals surface area contributed by atoms with Gasteiger partial charge < -0.3 is 9.80 Å². The standard InChI is InChI=1S/C18H16F3N7/c1-12-8-16(28-17(25-12)23-11-24-28)27-6-4-26(5-7-27)14-3-2-13(10-22)15(9-14)18(19,20)21/h2-3,8-9,11H,4-7H2,1H3. The molecule has 1 fully saturated rings. The fraction of sp³-hybridized carbons (Fsp3) is 0.333. The molecule has 0 amide bonds. The van der Waals surface area contributed by atoms with Crippen LogP contribution in [0.5, 0.6) is 0 Å². The monoisotopic (exact) mass is 387 g/mol. The molecule has 0 radical (unpaired) electrons. The van der Waals surface area contributed by atoms with Gasteiger partial charge in [0.25, 0.3) is 5.78 Å². The van der Waals surface area contributed by atoms with Crippen LogP contribution in [0.4, 0.5) is 24.7 Å². The van der Waals surface area contributed by atoms with E-state index >= 15 is 0 Å². The number of aromatic nitrogens is 4. The first-order valence-corrected chi connectivity index (χ1v) is 8.65. The van der Waals surface area contributed by atoms with Gasteiger partial charge in [-0.15, -0.1) is 0 Å². The normalized spacial score (nSPS) is 15.1. The molecule has 3 aromatic rings. The van der Waals surface area contributed by atoms with Gasteiger partial charge in [0.2, 0.25) is 0 Å². The topological polar surface area (TPSA) is 73.3 Å². The van der Waals surface area contributed by atoms with Crippen molar-refractivity contribution in [2.24, 2.45) is 0 Å². The maximum atomic E-state index is 13.2. The fourth-order valence-electron chi connectivity index (χ4n) is 3.39. The lowest BCUT2D eigenvalue weighted by Crippen LogP contribution is -2.47. The van der Waals surface area contributed by atoms with Crippen LogP contribution in [0, 0.1) is 18.3 Å². The molecule has 3 heterocycles. The van der Waals surface area contributed by atoms with Gasteiger partial charge in [0, 0.05) is 43.6 Å². The molecule has 0 atom stereocenters. The van der Waals surface area contributed by atoms with Gasteiger partial charge >= 0.3 is 6.18 Å². The van der Waals surface area contributed by atoms with Crippen molar-refractivity contribution in [1.82, 2.24) is 19.6 Å². The van der Waals surface area contributed by atoms with Crippen molar-refractivity contribution in [2.45, 2.75) is 13.1 Å². The first-order valence-electron chi connectivity index (χ1n) is 8.65. The predicted octanol–water partition coefficient (Wildman–Crippen LogP) is 2.65. The first kappa shape index (κ1) is 18.0. The average molecular weight is 387 g/mol. The third kappa shape index (κ3) is 3.19. The molecule has 2 aromatic heterocycles. The second-order valence-corrected chi connectivity index (χ2v) is 6.54. The molecule has 4 rings (SSSR count). The van der Waals surface area contributed by atoms with Crippen molar-refractivity contribution in [2.75, 3.05) is 36.0 Å². The van der Waals surface area contributed by atoms with Crippen LogP contribution in [0.3, 0.4) is 0 Å². The maximum Gasteiger partial charge on any atom is 0.417 e. The number of piperazine rings is 1. The number of hydrogen-bond acceptors (Lipinski definition) is 6. The molecule has 10 heteroatoms. The van der Waals surface area contributed by atoms with Crippen LogP contribution in [0.25, 0.3) is 5.78 Å². The number of aryl methyl sites for hydroxylation is 1. The van der Waals surface area contributed by atoms with Crippen LogP contribution in [0.1, 0.15) is 16.8 Å². The van der Waals surface area contributed by atoms with Gasteiger partial charge in [0.05, 0.1) is 17.2 Å². The van der Waals surface area contributed by atoms with E-state index in [0.717, 1.165) is 17.6 Å². The zero-order chi connectivity index (χ0) is 19.9. The lowest BCUT2D eigenvalue weighted by atomic mass is 10.1. The Bertz CT molecular complexity index is 1060. The van der Waals surface area contributed by atoms with E-state index in [1.165, 1.54) is 12.4 Å². The summed E-state index contributed by atoms with van der Waals surface area (Å²) in [5, 5.41) is 13.1. The van der Waals surface area contributed by atoms with E-state index in [1.54, 1.807) is 16.7 Å². The highest BCUT2D eigenvalue weighted by atomic mass is 19.4. The molecular weight excluding hydrogens is 371 g/mol. The number of rotatable bonds is 2. The fourth-order valence-corrected chi connectivity index (χ4v) is 3.39. The van der Waals surface area contributed by atoms with Crippen LogP contribution >= 0.6 is 0 Å². The molecule has 0 bridgehead atoms. The number of fused-ring (bicyclic) bond motifs is 1. The van der Waals surface area contributed by atoms with Gasteiger partial charge in [-0.2, -0.15) is 33.0 Å². The minimum absolute atomic E-state index is 0.365. The third-order valence-electron chi connectivity index (χ3n) is 4.76. The van der Waals surface area contributed by atoms with Gasteiger partial charge in [-0.05, 0) is 25.1 Å². The van der Waals surface area contributed by atoms with E-state index in [0.29, 0.717) is 37.6 Å². The van der Waals surface area contributed by atoms with Crippen molar-refractivity contribution >= 4 is 17.3 Å². The van der Waals surface area contributed by atoms with Gasteiger partial charge in [-0.25, -0.2) is 4.98 Å². The lowest BCUT2D eigenvalue weighted by Gasteiger charge is -2.37. The Morgan fingerprint density at radius 3 is 2.46 bits per heavy atom. The number of hydrogen-bond donors (Lipinski definition) is 0. The van der Waals surface area contributed by atoms with Crippen LogP contribution in [-0.2, 0) is 6.18 Å². The van der Waals surface area contributed by atoms with Crippen LogP contribution in [0.15, 0.2) is 30.6 Å². The molecule has 1 aliphatic rings. The average Bonchev–Trinajstić information content (AvgIpc) is 3.14. The summed E-state index contributed by atoms with van der Waals surface area (Å²) >= 11 is 0. The Kier molecular flexibility index (Phi) is 4.30. The first-order chi connectivity index (χ1) is 13.4. The predicted molar refractivity (Wildman–Crippen MR) is 96.1 cm³/mol. The molecule has 144 valence electrons. The summed E-state index contributed by atoms with van der Waals surface area (Å²) < 4.78 is 41.3. The highest BCUT2D eigenvalue weighted by Gasteiger charge is 2.34. The summed E-state index contributed by atoms with van der Waals surface area (Å²) in [4.78, 5) is 12.4. The number of benzene rings is 1. The summed E-state index contributed by atoms with van der Waals surface area (Å²) in [6, 6.07) is 7.38. The third-order valence-corrected chi connectivity index (χ3v) is 4.76. The van der Waals surface area contributed by atoms with Crippen molar-refractivity contribution < 1.29 is 13.2 Å². The number of halogens is 3. The minimum atomic E-state index is -4.56. The summed E-state index contributed by atoms with van der Waals surface area (Å²) in [6.45, 7) is 4.19. The Morgan fingerprint density at radius 2 is 1.79 bits per heavy atom. The van der Waals surface area contributed by atoms with Crippen molar-refractivity contribution in [3.63, 3.8) is 0 Å². The molecule has 0 aliphatic carbocycles. The second-order valence-electron chi connectivity index (χ2n) is 6.54. The summed E-state index contributed by atoms with van der Waals surface area (Å²) in [7, 11) is 0. The van der Waals surface area contributed by atoms with Gasteiger partial charge in [-0.1, -0.05) is 0 Å². The molecule has 1 saturated heterocycles. The number of alkyl halides is 3. The lowest BCUT2D eigenvalue weighted by molar-refractivity contribution is -0.137. The SMILES string of the molecule is Cc1cc(N2CCN(c3ccc(C#N)c(C(F)(F)F)c3)CC2)n2ncnc2n1. The highest BCUT2D eigenvalue weighted by molar-refractivity contribution is 5.56. The maximum absolute atomic E-state index is 13.2. The van der Waals surface area contributed by atoms with Crippen LogP contribution < -0.4 is 9.80 Å². The number of nitriles is 1. The van der Waals surface area contributed by atoms with Crippen molar-refractivity contribution in [1.29, 1.82) is 5.26 Å². The summed E-state index contributed by atoms with van der Waals surface area (Å²) in [5.41, 5.74) is 0.0161. The van der Waals surface area contributed by atoms with E-state index < -0.39 is 11.7 Å². The molecule has 0 N–H and O–H groups in total. The molecule has 28 heavy (non-hydrogen) atoms. The Hall–Kier alpha value is -3.35. The summed E-state index contributed by atoms with van der Waals surface area (Å²) in [5.74, 6) is 1.37. The number of anilines is 2. The minimum Gasteiger partial charge on any atom is -0.368 e. The van der Waals surface area contributed by atoms with Gasteiger partial charge in [0.15, 0.2) is 0 Å². The van der Waals surface area contributed by atoms with Gasteiger partial charge in [0.1, 0.15) is 12.1 Å². The second kappa shape index (κ2) is 6.67. The Balaban J connectivity index is 1.56. The van der Waals surface area contributed by atoms with E-state index in [4.69, 9.17) is 5.26 Å². The van der Waals surface area contributed by atoms with E-state index in [2.05, 4.69) is 20.0 Å². The molecule has 0 saturated carbocycles. The molecule has 1 aliphatic heterocycles. The highest BCUT2D eigenvalue weighted by Crippen LogP contribution is 2.34. The van der Waals surface area contributed by atoms with Crippen LogP contribution in [-0.4, -0.2) is 45.8 Å².